The van der Waals surface area contributed by atoms with Gasteiger partial charge in [-0.1, -0.05) is 18.5 Å². The number of hydrogen-bond donors (Lipinski definition) is 0. The molecule has 3 heterocycles. The van der Waals surface area contributed by atoms with E-state index in [1.807, 2.05) is 19.1 Å². The Kier molecular flexibility index (Phi) is 5.19. The summed E-state index contributed by atoms with van der Waals surface area (Å²) >= 11 is 5.86. The standard InChI is InChI=1S/C16H21ClN6O2/c1-3-14-15(23(24)25)16(20(2)19-14)22-8-6-21(7-9-22)11-13-5-4-12(17)10-18-13/h4-5,10H,3,6-9,11H2,1-2H3. The normalized spacial score (nSPS) is 15.6. The van der Waals surface area contributed by atoms with Gasteiger partial charge in [0, 0.05) is 46.0 Å². The molecule has 1 fully saturated rings. The largest absolute Gasteiger partial charge is 0.349 e. The first-order valence-electron chi connectivity index (χ1n) is 8.27. The third kappa shape index (κ3) is 3.74. The molecule has 1 aliphatic heterocycles. The number of rotatable bonds is 5. The number of hydrogen-bond acceptors (Lipinski definition) is 6. The zero-order chi connectivity index (χ0) is 18.0. The van der Waals surface area contributed by atoms with Gasteiger partial charge in [-0.25, -0.2) is 4.68 Å². The van der Waals surface area contributed by atoms with Gasteiger partial charge in [0.25, 0.3) is 0 Å². The minimum Gasteiger partial charge on any atom is -0.349 e. The molecule has 1 aliphatic rings. The second kappa shape index (κ2) is 7.37. The van der Waals surface area contributed by atoms with E-state index in [0.29, 0.717) is 23.0 Å². The van der Waals surface area contributed by atoms with Crippen molar-refractivity contribution in [3.8, 4) is 0 Å². The highest BCUT2D eigenvalue weighted by Crippen LogP contribution is 2.32. The number of aryl methyl sites for hydroxylation is 2. The lowest BCUT2D eigenvalue weighted by molar-refractivity contribution is -0.384. The van der Waals surface area contributed by atoms with Gasteiger partial charge in [-0.15, -0.1) is 0 Å². The Morgan fingerprint density at radius 3 is 2.56 bits per heavy atom. The van der Waals surface area contributed by atoms with Crippen LogP contribution in [0.3, 0.4) is 0 Å². The topological polar surface area (TPSA) is 80.3 Å². The van der Waals surface area contributed by atoms with Crippen LogP contribution in [0.5, 0.6) is 0 Å². The smallest absolute Gasteiger partial charge is 0.334 e. The van der Waals surface area contributed by atoms with Crippen LogP contribution in [0.25, 0.3) is 0 Å². The van der Waals surface area contributed by atoms with E-state index < -0.39 is 0 Å². The molecular formula is C16H21ClN6O2. The number of nitro groups is 1. The van der Waals surface area contributed by atoms with Crippen LogP contribution in [0.4, 0.5) is 11.5 Å². The highest BCUT2D eigenvalue weighted by Gasteiger charge is 2.31. The van der Waals surface area contributed by atoms with Crippen LogP contribution in [-0.4, -0.2) is 50.8 Å². The van der Waals surface area contributed by atoms with Crippen LogP contribution < -0.4 is 4.90 Å². The van der Waals surface area contributed by atoms with Crippen molar-refractivity contribution in [1.29, 1.82) is 0 Å². The van der Waals surface area contributed by atoms with Crippen molar-refractivity contribution in [2.75, 3.05) is 31.1 Å². The molecule has 25 heavy (non-hydrogen) atoms. The van der Waals surface area contributed by atoms with Crippen molar-refractivity contribution >= 4 is 23.1 Å². The fourth-order valence-electron chi connectivity index (χ4n) is 3.18. The maximum atomic E-state index is 11.5. The van der Waals surface area contributed by atoms with E-state index in [0.717, 1.165) is 38.4 Å². The van der Waals surface area contributed by atoms with Crippen LogP contribution in [-0.2, 0) is 20.0 Å². The molecule has 0 saturated carbocycles. The summed E-state index contributed by atoms with van der Waals surface area (Å²) in [7, 11) is 1.77. The summed E-state index contributed by atoms with van der Waals surface area (Å²) in [5.41, 5.74) is 1.64. The first-order chi connectivity index (χ1) is 12.0. The van der Waals surface area contributed by atoms with Gasteiger partial charge in [0.05, 0.1) is 15.6 Å². The molecule has 0 radical (unpaired) electrons. The number of pyridine rings is 1. The second-order valence-corrected chi connectivity index (χ2v) is 6.52. The van der Waals surface area contributed by atoms with Crippen LogP contribution in [0, 0.1) is 10.1 Å². The molecule has 0 amide bonds. The molecule has 2 aromatic heterocycles. The summed E-state index contributed by atoms with van der Waals surface area (Å²) < 4.78 is 1.63. The summed E-state index contributed by atoms with van der Waals surface area (Å²) in [5.74, 6) is 0.603. The lowest BCUT2D eigenvalue weighted by Crippen LogP contribution is -2.46. The van der Waals surface area contributed by atoms with Crippen molar-refractivity contribution in [2.45, 2.75) is 19.9 Å². The quantitative estimate of drug-likeness (QED) is 0.598. The van der Waals surface area contributed by atoms with E-state index in [1.165, 1.54) is 0 Å². The van der Waals surface area contributed by atoms with Crippen molar-refractivity contribution in [1.82, 2.24) is 19.7 Å². The third-order valence-electron chi connectivity index (χ3n) is 4.43. The Hall–Kier alpha value is -2.19. The Bertz CT molecular complexity index is 753. The van der Waals surface area contributed by atoms with Crippen molar-refractivity contribution in [3.05, 3.63) is 44.9 Å². The molecule has 0 unspecified atom stereocenters. The summed E-state index contributed by atoms with van der Waals surface area (Å²) in [4.78, 5) is 19.8. The first-order valence-corrected chi connectivity index (χ1v) is 8.65. The molecule has 9 heteroatoms. The number of aromatic nitrogens is 3. The number of halogens is 1. The van der Waals surface area contributed by atoms with Crippen LogP contribution >= 0.6 is 11.6 Å². The van der Waals surface area contributed by atoms with Crippen LogP contribution in [0.15, 0.2) is 18.3 Å². The molecule has 8 nitrogen and oxygen atoms in total. The summed E-state index contributed by atoms with van der Waals surface area (Å²) in [6, 6.07) is 3.76. The van der Waals surface area contributed by atoms with Crippen LogP contribution in [0.1, 0.15) is 18.3 Å². The molecule has 0 aliphatic carbocycles. The molecule has 134 valence electrons. The number of nitrogens with zero attached hydrogens (tertiary/aromatic N) is 6. The van der Waals surface area contributed by atoms with E-state index >= 15 is 0 Å². The average molecular weight is 365 g/mol. The Balaban J connectivity index is 1.69. The van der Waals surface area contributed by atoms with E-state index in [1.54, 1.807) is 17.9 Å². The van der Waals surface area contributed by atoms with E-state index in [2.05, 4.69) is 19.9 Å². The summed E-state index contributed by atoms with van der Waals surface area (Å²) in [5, 5.41) is 16.4. The summed E-state index contributed by atoms with van der Waals surface area (Å²) in [6.45, 7) is 5.70. The minimum absolute atomic E-state index is 0.137. The van der Waals surface area contributed by atoms with E-state index in [4.69, 9.17) is 11.6 Å². The summed E-state index contributed by atoms with van der Waals surface area (Å²) in [6.07, 6.45) is 2.20. The Labute approximate surface area is 151 Å². The van der Waals surface area contributed by atoms with Gasteiger partial charge < -0.3 is 4.90 Å². The monoisotopic (exact) mass is 364 g/mol. The molecule has 1 saturated heterocycles. The number of piperazine rings is 1. The average Bonchev–Trinajstić information content (AvgIpc) is 2.94. The van der Waals surface area contributed by atoms with Crippen molar-refractivity contribution in [2.24, 2.45) is 7.05 Å². The van der Waals surface area contributed by atoms with E-state index in [9.17, 15) is 10.1 Å². The van der Waals surface area contributed by atoms with Gasteiger partial charge in [-0.05, 0) is 18.6 Å². The highest BCUT2D eigenvalue weighted by atomic mass is 35.5. The molecule has 0 atom stereocenters. The van der Waals surface area contributed by atoms with Crippen LogP contribution in [0.2, 0.25) is 5.02 Å². The lowest BCUT2D eigenvalue weighted by atomic mass is 10.2. The van der Waals surface area contributed by atoms with Gasteiger partial charge in [0.1, 0.15) is 5.69 Å². The SMILES string of the molecule is CCc1nn(C)c(N2CCN(Cc3ccc(Cl)cn3)CC2)c1[N+](=O)[O-]. The van der Waals surface area contributed by atoms with Gasteiger partial charge >= 0.3 is 5.69 Å². The molecule has 0 spiro atoms. The Morgan fingerprint density at radius 1 is 1.28 bits per heavy atom. The molecule has 2 aromatic rings. The molecular weight excluding hydrogens is 344 g/mol. The maximum absolute atomic E-state index is 11.5. The fraction of sp³-hybridized carbons (Fsp3) is 0.500. The minimum atomic E-state index is -0.314. The molecule has 0 aromatic carbocycles. The predicted molar refractivity (Wildman–Crippen MR) is 96.0 cm³/mol. The first kappa shape index (κ1) is 17.6. The predicted octanol–water partition coefficient (Wildman–Crippen LogP) is 2.26. The van der Waals surface area contributed by atoms with Crippen molar-refractivity contribution < 1.29 is 4.92 Å². The Morgan fingerprint density at radius 2 is 2.00 bits per heavy atom. The van der Waals surface area contributed by atoms with Gasteiger partial charge in [0.15, 0.2) is 0 Å². The third-order valence-corrected chi connectivity index (χ3v) is 4.65. The zero-order valence-corrected chi connectivity index (χ0v) is 15.1. The van der Waals surface area contributed by atoms with E-state index in [-0.39, 0.29) is 10.6 Å². The lowest BCUT2D eigenvalue weighted by Gasteiger charge is -2.35. The molecule has 0 N–H and O–H groups in total. The van der Waals surface area contributed by atoms with Crippen molar-refractivity contribution in [3.63, 3.8) is 0 Å². The zero-order valence-electron chi connectivity index (χ0n) is 14.4. The second-order valence-electron chi connectivity index (χ2n) is 6.08. The highest BCUT2D eigenvalue weighted by molar-refractivity contribution is 6.30. The molecule has 3 rings (SSSR count). The molecule has 0 bridgehead atoms. The van der Waals surface area contributed by atoms with Gasteiger partial charge in [-0.2, -0.15) is 5.10 Å². The van der Waals surface area contributed by atoms with Gasteiger partial charge in [-0.3, -0.25) is 20.0 Å². The maximum Gasteiger partial charge on any atom is 0.334 e. The van der Waals surface area contributed by atoms with Gasteiger partial charge in [0.2, 0.25) is 5.82 Å². The fourth-order valence-corrected chi connectivity index (χ4v) is 3.30. The number of anilines is 1.